The largest absolute Gasteiger partial charge is 0.405 e. The summed E-state index contributed by atoms with van der Waals surface area (Å²) in [6.45, 7) is 7.68. The third kappa shape index (κ3) is 3.82. The normalized spacial score (nSPS) is 18.0. The van der Waals surface area contributed by atoms with Gasteiger partial charge in [-0.05, 0) is 34.5 Å². The van der Waals surface area contributed by atoms with Crippen LogP contribution in [0.15, 0.2) is 65.7 Å². The summed E-state index contributed by atoms with van der Waals surface area (Å²) in [5.41, 5.74) is 0. The summed E-state index contributed by atoms with van der Waals surface area (Å²) in [5.74, 6) is 0. The molecule has 4 heteroatoms. The lowest BCUT2D eigenvalue weighted by molar-refractivity contribution is 0.272. The lowest BCUT2D eigenvalue weighted by atomic mass is 10.2. The first kappa shape index (κ1) is 19.4. The fourth-order valence-electron chi connectivity index (χ4n) is 3.88. The zero-order chi connectivity index (χ0) is 18.6. The highest BCUT2D eigenvalue weighted by Gasteiger charge is 2.50. The van der Waals surface area contributed by atoms with Crippen molar-refractivity contribution < 1.29 is 4.43 Å². The van der Waals surface area contributed by atoms with E-state index in [1.165, 1.54) is 15.4 Å². The maximum Gasteiger partial charge on any atom is 0.261 e. The molecule has 1 aliphatic rings. The van der Waals surface area contributed by atoms with E-state index in [9.17, 15) is 0 Å². The molecule has 0 saturated heterocycles. The van der Waals surface area contributed by atoms with Gasteiger partial charge in [-0.1, -0.05) is 81.4 Å². The molecule has 0 aromatic heterocycles. The Balaban J connectivity index is 2.02. The van der Waals surface area contributed by atoms with Crippen LogP contribution in [-0.2, 0) is 4.43 Å². The molecule has 2 aromatic carbocycles. The maximum absolute atomic E-state index is 6.97. The molecule has 138 valence electrons. The number of nitrogens with zero attached hydrogens (tertiary/aromatic N) is 1. The lowest BCUT2D eigenvalue weighted by Gasteiger charge is -2.43. The van der Waals surface area contributed by atoms with E-state index in [0.29, 0.717) is 12.6 Å². The predicted octanol–water partition coefficient (Wildman–Crippen LogP) is 4.49. The Hall–Kier alpha value is -1.36. The summed E-state index contributed by atoms with van der Waals surface area (Å²) in [6.07, 6.45) is 4.31. The van der Waals surface area contributed by atoms with Gasteiger partial charge in [0.25, 0.3) is 8.32 Å². The first-order valence-electron chi connectivity index (χ1n) is 9.33. The lowest BCUT2D eigenvalue weighted by Crippen LogP contribution is -2.67. The van der Waals surface area contributed by atoms with E-state index in [2.05, 4.69) is 87.7 Å². The van der Waals surface area contributed by atoms with Gasteiger partial charge in [0.1, 0.15) is 0 Å². The number of thioether (sulfide) groups is 1. The monoisotopic (exact) mass is 383 g/mol. The predicted molar refractivity (Wildman–Crippen MR) is 118 cm³/mol. The van der Waals surface area contributed by atoms with Gasteiger partial charge >= 0.3 is 0 Å². The number of hydrogen-bond acceptors (Lipinski definition) is 3. The first-order chi connectivity index (χ1) is 12.5. The molecule has 3 rings (SSSR count). The summed E-state index contributed by atoms with van der Waals surface area (Å²) in [7, 11) is -2.43. The molecule has 2 aromatic rings. The third-order valence-corrected chi connectivity index (χ3v) is 10.9. The van der Waals surface area contributed by atoms with Gasteiger partial charge in [0.15, 0.2) is 0 Å². The van der Waals surface area contributed by atoms with Gasteiger partial charge in [0.2, 0.25) is 0 Å². The van der Waals surface area contributed by atoms with Crippen molar-refractivity contribution in [2.75, 3.05) is 12.9 Å². The van der Waals surface area contributed by atoms with E-state index in [0.717, 1.165) is 12.8 Å². The molecule has 0 saturated carbocycles. The standard InChI is InChI=1S/C22H29NOSSi/c1-22(2,3)26(19-11-7-5-8-12-19,20-13-9-6-10-14-20)24-17-18-15-16-21(23-18)25-4/h5-14,18H,15-17H2,1-4H3/t18-/m1/s1. The molecule has 0 fully saturated rings. The van der Waals surface area contributed by atoms with Crippen LogP contribution >= 0.6 is 11.8 Å². The summed E-state index contributed by atoms with van der Waals surface area (Å²) in [6, 6.07) is 22.0. The van der Waals surface area contributed by atoms with Gasteiger partial charge in [0, 0.05) is 0 Å². The topological polar surface area (TPSA) is 21.6 Å². The van der Waals surface area contributed by atoms with Crippen LogP contribution in [0.2, 0.25) is 5.04 Å². The molecule has 0 N–H and O–H groups in total. The van der Waals surface area contributed by atoms with Crippen molar-refractivity contribution in [1.82, 2.24) is 0 Å². The maximum atomic E-state index is 6.97. The van der Waals surface area contributed by atoms with Crippen molar-refractivity contribution in [3.05, 3.63) is 60.7 Å². The molecule has 1 heterocycles. The highest BCUT2D eigenvalue weighted by Crippen LogP contribution is 2.37. The fraction of sp³-hybridized carbons (Fsp3) is 0.409. The van der Waals surface area contributed by atoms with Gasteiger partial charge in [0.05, 0.1) is 17.7 Å². The van der Waals surface area contributed by atoms with Crippen molar-refractivity contribution >= 4 is 35.5 Å². The first-order valence-corrected chi connectivity index (χ1v) is 12.5. The van der Waals surface area contributed by atoms with Crippen molar-refractivity contribution in [3.8, 4) is 0 Å². The average Bonchev–Trinajstić information content (AvgIpc) is 3.11. The average molecular weight is 384 g/mol. The second-order valence-corrected chi connectivity index (χ2v) is 13.1. The molecule has 2 nitrogen and oxygen atoms in total. The Morgan fingerprint density at radius 2 is 1.54 bits per heavy atom. The van der Waals surface area contributed by atoms with Crippen LogP contribution in [0.5, 0.6) is 0 Å². The van der Waals surface area contributed by atoms with Crippen LogP contribution in [-0.4, -0.2) is 32.3 Å². The van der Waals surface area contributed by atoms with Crippen LogP contribution in [0.3, 0.4) is 0 Å². The minimum Gasteiger partial charge on any atom is -0.405 e. The van der Waals surface area contributed by atoms with E-state index in [4.69, 9.17) is 9.42 Å². The highest BCUT2D eigenvalue weighted by atomic mass is 32.2. The van der Waals surface area contributed by atoms with Crippen LogP contribution in [0.1, 0.15) is 33.6 Å². The molecule has 26 heavy (non-hydrogen) atoms. The minimum atomic E-state index is -2.43. The number of aliphatic imine (C=N–C) groups is 1. The molecule has 0 spiro atoms. The zero-order valence-corrected chi connectivity index (χ0v) is 18.1. The molecular weight excluding hydrogens is 354 g/mol. The van der Waals surface area contributed by atoms with Crippen molar-refractivity contribution in [2.45, 2.75) is 44.7 Å². The molecule has 0 unspecified atom stereocenters. The fourth-order valence-corrected chi connectivity index (χ4v) is 9.06. The summed E-state index contributed by atoms with van der Waals surface area (Å²) < 4.78 is 6.97. The summed E-state index contributed by atoms with van der Waals surface area (Å²) in [5, 5.41) is 3.97. The molecule has 0 amide bonds. The second-order valence-electron chi connectivity index (χ2n) is 7.89. The van der Waals surface area contributed by atoms with Crippen LogP contribution in [0.25, 0.3) is 0 Å². The number of rotatable bonds is 5. The second kappa shape index (κ2) is 8.11. The Kier molecular flexibility index (Phi) is 6.05. The van der Waals surface area contributed by atoms with E-state index >= 15 is 0 Å². The molecule has 0 bridgehead atoms. The molecule has 0 aliphatic carbocycles. The van der Waals surface area contributed by atoms with Crippen molar-refractivity contribution in [1.29, 1.82) is 0 Å². The van der Waals surface area contributed by atoms with E-state index in [-0.39, 0.29) is 5.04 Å². The van der Waals surface area contributed by atoms with Crippen LogP contribution < -0.4 is 10.4 Å². The van der Waals surface area contributed by atoms with Gasteiger partial charge < -0.3 is 4.43 Å². The Bertz CT molecular complexity index is 700. The SMILES string of the molecule is CSC1=N[C@@H](CO[Si](c2ccccc2)(c2ccccc2)C(C)(C)C)CC1. The van der Waals surface area contributed by atoms with Crippen molar-refractivity contribution in [2.24, 2.45) is 4.99 Å². The number of benzene rings is 2. The molecular formula is C22H29NOSSi. The molecule has 0 radical (unpaired) electrons. The summed E-state index contributed by atoms with van der Waals surface area (Å²) >= 11 is 1.77. The highest BCUT2D eigenvalue weighted by molar-refractivity contribution is 8.13. The Morgan fingerprint density at radius 1 is 1.00 bits per heavy atom. The summed E-state index contributed by atoms with van der Waals surface area (Å²) in [4.78, 5) is 4.86. The minimum absolute atomic E-state index is 0.0281. The van der Waals surface area contributed by atoms with E-state index in [1.807, 2.05) is 0 Å². The molecule has 1 aliphatic heterocycles. The number of hydrogen-bond donors (Lipinski definition) is 0. The van der Waals surface area contributed by atoms with Gasteiger partial charge in [-0.25, -0.2) is 0 Å². The Labute approximate surface area is 163 Å². The van der Waals surface area contributed by atoms with Crippen LogP contribution in [0, 0.1) is 0 Å². The van der Waals surface area contributed by atoms with E-state index < -0.39 is 8.32 Å². The quantitative estimate of drug-likeness (QED) is 0.710. The van der Waals surface area contributed by atoms with Gasteiger partial charge in [-0.2, -0.15) is 0 Å². The van der Waals surface area contributed by atoms with Crippen LogP contribution in [0.4, 0.5) is 0 Å². The molecule has 1 atom stereocenters. The van der Waals surface area contributed by atoms with Crippen molar-refractivity contribution in [3.63, 3.8) is 0 Å². The smallest absolute Gasteiger partial charge is 0.261 e. The Morgan fingerprint density at radius 3 is 1.96 bits per heavy atom. The van der Waals surface area contributed by atoms with E-state index in [1.54, 1.807) is 11.8 Å². The third-order valence-electron chi connectivity index (χ3n) is 5.16. The van der Waals surface area contributed by atoms with Gasteiger partial charge in [-0.15, -0.1) is 11.8 Å². The van der Waals surface area contributed by atoms with Gasteiger partial charge in [-0.3, -0.25) is 4.99 Å². The zero-order valence-electron chi connectivity index (χ0n) is 16.2.